The van der Waals surface area contributed by atoms with Crippen LogP contribution in [-0.2, 0) is 17.8 Å². The second-order valence-electron chi connectivity index (χ2n) is 7.97. The zero-order valence-electron chi connectivity index (χ0n) is 19.0. The summed E-state index contributed by atoms with van der Waals surface area (Å²) in [5.74, 6) is 0.695. The molecule has 172 valence electrons. The Balaban J connectivity index is 1.41. The van der Waals surface area contributed by atoms with Crippen molar-refractivity contribution in [1.29, 1.82) is 0 Å². The van der Waals surface area contributed by atoms with Gasteiger partial charge in [0.1, 0.15) is 24.1 Å². The largest absolute Gasteiger partial charge is 0.497 e. The van der Waals surface area contributed by atoms with Gasteiger partial charge in [-0.1, -0.05) is 66.7 Å². The Hall–Kier alpha value is -4.25. The fraction of sp³-hybridized carbons (Fsp3) is 0.138. The average Bonchev–Trinajstić information content (AvgIpc) is 2.88. The van der Waals surface area contributed by atoms with Crippen LogP contribution >= 0.6 is 0 Å². The molecule has 2 N–H and O–H groups in total. The molecule has 4 aromatic rings. The number of methoxy groups -OCH3 is 1. The highest BCUT2D eigenvalue weighted by atomic mass is 16.5. The lowest BCUT2D eigenvalue weighted by atomic mass is 10.0. The Morgan fingerprint density at radius 1 is 0.794 bits per heavy atom. The minimum Gasteiger partial charge on any atom is -0.497 e. The van der Waals surface area contributed by atoms with Crippen LogP contribution in [0.25, 0.3) is 11.1 Å². The van der Waals surface area contributed by atoms with Crippen LogP contribution in [0.4, 0.5) is 5.69 Å². The number of anilines is 1. The Morgan fingerprint density at radius 2 is 1.53 bits per heavy atom. The van der Waals surface area contributed by atoms with Gasteiger partial charge < -0.3 is 19.9 Å². The van der Waals surface area contributed by atoms with Crippen molar-refractivity contribution in [3.8, 4) is 22.6 Å². The molecule has 0 aliphatic heterocycles. The van der Waals surface area contributed by atoms with E-state index in [4.69, 9.17) is 9.47 Å². The molecule has 0 heterocycles. The second kappa shape index (κ2) is 11.1. The molecule has 4 rings (SSSR count). The third-order valence-corrected chi connectivity index (χ3v) is 5.51. The molecule has 0 aliphatic rings. The minimum absolute atomic E-state index is 0.403. The lowest BCUT2D eigenvalue weighted by Gasteiger charge is -2.17. The molecule has 0 saturated heterocycles. The predicted molar refractivity (Wildman–Crippen MR) is 134 cm³/mol. The van der Waals surface area contributed by atoms with Crippen LogP contribution in [0.15, 0.2) is 103 Å². The van der Waals surface area contributed by atoms with Crippen molar-refractivity contribution >= 4 is 11.7 Å². The molecule has 0 aromatic heterocycles. The molecule has 0 fully saturated rings. The SMILES string of the molecule is COc1cccc(COc2ccc(-c3cccc(NC(Cc4ccccc4)C(=O)O)c3)cc2)c1. The standard InChI is InChI=1S/C29H27NO4/c1-33-27-12-5-9-22(17-27)20-34-26-15-13-23(14-16-26)24-10-6-11-25(19-24)30-28(29(31)32)18-21-7-3-2-4-8-21/h2-17,19,28,30H,18,20H2,1H3,(H,31,32). The molecule has 4 aromatic carbocycles. The van der Waals surface area contributed by atoms with Gasteiger partial charge in [-0.2, -0.15) is 0 Å². The fourth-order valence-electron chi connectivity index (χ4n) is 3.71. The number of ether oxygens (including phenoxy) is 2. The highest BCUT2D eigenvalue weighted by Crippen LogP contribution is 2.26. The zero-order valence-corrected chi connectivity index (χ0v) is 19.0. The minimum atomic E-state index is -0.883. The third-order valence-electron chi connectivity index (χ3n) is 5.51. The van der Waals surface area contributed by atoms with Crippen molar-refractivity contribution in [1.82, 2.24) is 0 Å². The van der Waals surface area contributed by atoms with Crippen LogP contribution in [0.3, 0.4) is 0 Å². The van der Waals surface area contributed by atoms with E-state index in [9.17, 15) is 9.90 Å². The van der Waals surface area contributed by atoms with Crippen LogP contribution in [0.1, 0.15) is 11.1 Å². The summed E-state index contributed by atoms with van der Waals surface area (Å²) in [5, 5.41) is 12.9. The molecule has 0 bridgehead atoms. The van der Waals surface area contributed by atoms with E-state index in [1.54, 1.807) is 7.11 Å². The molecule has 0 aliphatic carbocycles. The van der Waals surface area contributed by atoms with Crippen molar-refractivity contribution < 1.29 is 19.4 Å². The molecule has 5 heteroatoms. The summed E-state index contributed by atoms with van der Waals surface area (Å²) in [6.45, 7) is 0.452. The van der Waals surface area contributed by atoms with Crippen LogP contribution in [0.2, 0.25) is 0 Å². The molecular formula is C29H27NO4. The van der Waals surface area contributed by atoms with E-state index in [-0.39, 0.29) is 0 Å². The Bertz CT molecular complexity index is 1220. The number of nitrogens with one attached hydrogen (secondary N) is 1. The third kappa shape index (κ3) is 6.17. The van der Waals surface area contributed by atoms with Crippen LogP contribution in [-0.4, -0.2) is 24.2 Å². The van der Waals surface area contributed by atoms with Crippen LogP contribution in [0, 0.1) is 0 Å². The van der Waals surface area contributed by atoms with Crippen molar-refractivity contribution in [2.45, 2.75) is 19.1 Å². The van der Waals surface area contributed by atoms with Crippen molar-refractivity contribution in [2.75, 3.05) is 12.4 Å². The topological polar surface area (TPSA) is 67.8 Å². The smallest absolute Gasteiger partial charge is 0.326 e. The molecular weight excluding hydrogens is 426 g/mol. The number of hydrogen-bond acceptors (Lipinski definition) is 4. The maximum absolute atomic E-state index is 11.8. The Morgan fingerprint density at radius 3 is 2.26 bits per heavy atom. The van der Waals surface area contributed by atoms with Crippen molar-refractivity contribution in [2.24, 2.45) is 0 Å². The fourth-order valence-corrected chi connectivity index (χ4v) is 3.71. The van der Waals surface area contributed by atoms with Gasteiger partial charge in [-0.05, 0) is 58.7 Å². The van der Waals surface area contributed by atoms with Gasteiger partial charge in [-0.25, -0.2) is 4.79 Å². The van der Waals surface area contributed by atoms with Crippen molar-refractivity contribution in [3.05, 3.63) is 114 Å². The first-order valence-electron chi connectivity index (χ1n) is 11.1. The normalized spacial score (nSPS) is 11.4. The Labute approximate surface area is 199 Å². The highest BCUT2D eigenvalue weighted by molar-refractivity contribution is 5.78. The van der Waals surface area contributed by atoms with Gasteiger partial charge in [0, 0.05) is 12.1 Å². The number of carboxylic acid groups (broad SMARTS) is 1. The van der Waals surface area contributed by atoms with E-state index in [1.165, 1.54) is 0 Å². The van der Waals surface area contributed by atoms with E-state index in [0.29, 0.717) is 13.0 Å². The first kappa shape index (κ1) is 22.9. The summed E-state index contributed by atoms with van der Waals surface area (Å²) in [4.78, 5) is 11.8. The predicted octanol–water partition coefficient (Wildman–Crippen LogP) is 6.05. The highest BCUT2D eigenvalue weighted by Gasteiger charge is 2.18. The number of rotatable bonds is 10. The summed E-state index contributed by atoms with van der Waals surface area (Å²) >= 11 is 0. The molecule has 1 unspecified atom stereocenters. The molecule has 0 radical (unpaired) electrons. The lowest BCUT2D eigenvalue weighted by molar-refractivity contribution is -0.137. The summed E-state index contributed by atoms with van der Waals surface area (Å²) in [6, 6.07) is 32.4. The van der Waals surface area contributed by atoms with E-state index < -0.39 is 12.0 Å². The van der Waals surface area contributed by atoms with Gasteiger partial charge in [0.25, 0.3) is 0 Å². The number of benzene rings is 4. The van der Waals surface area contributed by atoms with Crippen molar-refractivity contribution in [3.63, 3.8) is 0 Å². The quantitative estimate of drug-likeness (QED) is 0.306. The van der Waals surface area contributed by atoms with Gasteiger partial charge in [0.15, 0.2) is 0 Å². The first-order valence-corrected chi connectivity index (χ1v) is 11.1. The maximum atomic E-state index is 11.8. The van der Waals surface area contributed by atoms with Gasteiger partial charge in [0.05, 0.1) is 7.11 Å². The van der Waals surface area contributed by atoms with E-state index >= 15 is 0 Å². The summed E-state index contributed by atoms with van der Waals surface area (Å²) in [6.07, 6.45) is 0.403. The molecule has 0 saturated carbocycles. The lowest BCUT2D eigenvalue weighted by Crippen LogP contribution is -2.31. The summed E-state index contributed by atoms with van der Waals surface area (Å²) < 4.78 is 11.2. The molecule has 0 amide bonds. The number of aliphatic carboxylic acids is 1. The average molecular weight is 454 g/mol. The molecule has 34 heavy (non-hydrogen) atoms. The number of carbonyl (C=O) groups is 1. The summed E-state index contributed by atoms with van der Waals surface area (Å²) in [7, 11) is 1.65. The van der Waals surface area contributed by atoms with Crippen LogP contribution < -0.4 is 14.8 Å². The monoisotopic (exact) mass is 453 g/mol. The molecule has 5 nitrogen and oxygen atoms in total. The van der Waals surface area contributed by atoms with Gasteiger partial charge in [-0.3, -0.25) is 0 Å². The second-order valence-corrected chi connectivity index (χ2v) is 7.97. The summed E-state index contributed by atoms with van der Waals surface area (Å²) in [5.41, 5.74) is 4.79. The van der Waals surface area contributed by atoms with Gasteiger partial charge in [0.2, 0.25) is 0 Å². The number of hydrogen-bond donors (Lipinski definition) is 2. The van der Waals surface area contributed by atoms with E-state index in [1.807, 2.05) is 103 Å². The van der Waals surface area contributed by atoms with Gasteiger partial charge >= 0.3 is 5.97 Å². The number of carboxylic acids is 1. The maximum Gasteiger partial charge on any atom is 0.326 e. The van der Waals surface area contributed by atoms with Crippen LogP contribution in [0.5, 0.6) is 11.5 Å². The molecule has 1 atom stereocenters. The zero-order chi connectivity index (χ0) is 23.8. The Kier molecular flexibility index (Phi) is 7.45. The molecule has 0 spiro atoms. The first-order chi connectivity index (χ1) is 16.6. The van der Waals surface area contributed by atoms with E-state index in [2.05, 4.69) is 5.32 Å². The van der Waals surface area contributed by atoms with E-state index in [0.717, 1.165) is 39.4 Å². The van der Waals surface area contributed by atoms with Gasteiger partial charge in [-0.15, -0.1) is 0 Å².